The average Bonchev–Trinajstić information content (AvgIpc) is 2.74. The maximum Gasteiger partial charge on any atom is 0.251 e. The van der Waals surface area contributed by atoms with Crippen molar-refractivity contribution in [3.8, 4) is 0 Å². The number of carbonyl (C=O) groups is 1. The monoisotopic (exact) mass is 410 g/mol. The molecule has 0 saturated carbocycles. The quantitative estimate of drug-likeness (QED) is 0.769. The fraction of sp³-hybridized carbons (Fsp3) is 0.480. The van der Waals surface area contributed by atoms with Crippen molar-refractivity contribution in [2.75, 3.05) is 51.8 Å². The minimum atomic E-state index is -0.0157. The first-order valence-corrected chi connectivity index (χ1v) is 10.8. The molecule has 0 radical (unpaired) electrons. The Hall–Kier alpha value is -2.37. The van der Waals surface area contributed by atoms with Crippen LogP contribution in [0.1, 0.15) is 48.3 Å². The molecule has 2 N–H and O–H groups in total. The first-order chi connectivity index (χ1) is 14.3. The molecule has 1 amide bonds. The highest BCUT2D eigenvalue weighted by atomic mass is 16.5. The molecular formula is C25H36N3O2+. The van der Waals surface area contributed by atoms with Crippen LogP contribution in [-0.2, 0) is 10.2 Å². The summed E-state index contributed by atoms with van der Waals surface area (Å²) in [7, 11) is 4.09. The number of hydrogen-bond donors (Lipinski definition) is 2. The van der Waals surface area contributed by atoms with Crippen molar-refractivity contribution in [3.05, 3.63) is 65.2 Å². The highest BCUT2D eigenvalue weighted by molar-refractivity contribution is 5.94. The molecule has 1 saturated heterocycles. The molecular weight excluding hydrogens is 374 g/mol. The van der Waals surface area contributed by atoms with E-state index >= 15 is 0 Å². The number of amides is 1. The van der Waals surface area contributed by atoms with Gasteiger partial charge in [0.2, 0.25) is 0 Å². The molecule has 0 unspecified atom stereocenters. The zero-order valence-electron chi connectivity index (χ0n) is 19.0. The van der Waals surface area contributed by atoms with Crippen molar-refractivity contribution < 1.29 is 14.4 Å². The van der Waals surface area contributed by atoms with E-state index in [4.69, 9.17) is 4.74 Å². The SMILES string of the molecule is CN(C)c1ccc([C@@H](CNC(=O)c2ccc(C(C)(C)C)cc2)[NH+]2CCOCC2)cc1. The molecule has 1 atom stereocenters. The molecule has 5 nitrogen and oxygen atoms in total. The molecule has 1 aliphatic rings. The molecule has 1 heterocycles. The van der Waals surface area contributed by atoms with Gasteiger partial charge in [-0.1, -0.05) is 45.0 Å². The molecule has 2 aromatic rings. The smallest absolute Gasteiger partial charge is 0.251 e. The number of nitrogens with one attached hydrogen (secondary N) is 2. The molecule has 1 fully saturated rings. The second kappa shape index (κ2) is 9.63. The Morgan fingerprint density at radius 1 is 1.03 bits per heavy atom. The fourth-order valence-electron chi connectivity index (χ4n) is 3.90. The standard InChI is InChI=1S/C25H35N3O2/c1-25(2,3)21-10-6-20(7-11-21)24(29)26-18-23(28-14-16-30-17-15-28)19-8-12-22(13-9-19)27(4)5/h6-13,23H,14-18H2,1-5H3,(H,26,29)/p+1/t23-/m1/s1. The van der Waals surface area contributed by atoms with Gasteiger partial charge in [-0.05, 0) is 35.2 Å². The third kappa shape index (κ3) is 5.61. The number of ether oxygens (including phenoxy) is 1. The number of anilines is 1. The van der Waals surface area contributed by atoms with Crippen LogP contribution in [0, 0.1) is 0 Å². The molecule has 1 aliphatic heterocycles. The largest absolute Gasteiger partial charge is 0.378 e. The predicted molar refractivity (Wildman–Crippen MR) is 123 cm³/mol. The Bertz CT molecular complexity index is 817. The van der Waals surface area contributed by atoms with Gasteiger partial charge in [-0.25, -0.2) is 0 Å². The summed E-state index contributed by atoms with van der Waals surface area (Å²) in [5, 5.41) is 3.18. The Morgan fingerprint density at radius 2 is 1.63 bits per heavy atom. The summed E-state index contributed by atoms with van der Waals surface area (Å²) >= 11 is 0. The fourth-order valence-corrected chi connectivity index (χ4v) is 3.90. The van der Waals surface area contributed by atoms with Gasteiger partial charge in [0.1, 0.15) is 19.1 Å². The number of hydrogen-bond acceptors (Lipinski definition) is 3. The molecule has 0 aliphatic carbocycles. The van der Waals surface area contributed by atoms with Gasteiger partial charge in [-0.15, -0.1) is 0 Å². The van der Waals surface area contributed by atoms with Gasteiger partial charge < -0.3 is 19.9 Å². The van der Waals surface area contributed by atoms with Crippen LogP contribution in [0.15, 0.2) is 48.5 Å². The topological polar surface area (TPSA) is 46.0 Å². The first-order valence-electron chi connectivity index (χ1n) is 10.8. The van der Waals surface area contributed by atoms with Gasteiger partial charge >= 0.3 is 0 Å². The number of morpholine rings is 1. The van der Waals surface area contributed by atoms with E-state index < -0.39 is 0 Å². The number of benzene rings is 2. The zero-order chi connectivity index (χ0) is 21.7. The third-order valence-corrected chi connectivity index (χ3v) is 5.92. The molecule has 2 aromatic carbocycles. The van der Waals surface area contributed by atoms with E-state index in [2.05, 4.69) is 67.4 Å². The van der Waals surface area contributed by atoms with Crippen LogP contribution in [0.4, 0.5) is 5.69 Å². The minimum Gasteiger partial charge on any atom is -0.378 e. The molecule has 5 heteroatoms. The molecule has 3 rings (SSSR count). The van der Waals surface area contributed by atoms with Crippen molar-refractivity contribution in [2.45, 2.75) is 32.2 Å². The average molecular weight is 411 g/mol. The van der Waals surface area contributed by atoms with Gasteiger partial charge in [0.15, 0.2) is 0 Å². The second-order valence-electron chi connectivity index (χ2n) is 9.35. The van der Waals surface area contributed by atoms with Crippen LogP contribution in [-0.4, -0.2) is 52.9 Å². The summed E-state index contributed by atoms with van der Waals surface area (Å²) in [5.74, 6) is -0.0157. The Morgan fingerprint density at radius 3 is 2.17 bits per heavy atom. The predicted octanol–water partition coefficient (Wildman–Crippen LogP) is 2.44. The first kappa shape index (κ1) is 22.3. The van der Waals surface area contributed by atoms with E-state index in [9.17, 15) is 4.79 Å². The molecule has 0 bridgehead atoms. The Labute approximate surface area is 181 Å². The third-order valence-electron chi connectivity index (χ3n) is 5.92. The van der Waals surface area contributed by atoms with Crippen molar-refractivity contribution in [2.24, 2.45) is 0 Å². The summed E-state index contributed by atoms with van der Waals surface area (Å²) in [6, 6.07) is 16.8. The van der Waals surface area contributed by atoms with E-state index in [1.165, 1.54) is 21.7 Å². The lowest BCUT2D eigenvalue weighted by Crippen LogP contribution is -3.15. The van der Waals surface area contributed by atoms with Crippen LogP contribution < -0.4 is 15.1 Å². The normalized spacial score (nSPS) is 16.2. The summed E-state index contributed by atoms with van der Waals surface area (Å²) in [5.41, 5.74) is 4.45. The molecule has 30 heavy (non-hydrogen) atoms. The van der Waals surface area contributed by atoms with E-state index in [0.717, 1.165) is 26.3 Å². The minimum absolute atomic E-state index is 0.0157. The summed E-state index contributed by atoms with van der Waals surface area (Å²) in [6.07, 6.45) is 0. The van der Waals surface area contributed by atoms with Crippen molar-refractivity contribution in [1.82, 2.24) is 5.32 Å². The second-order valence-corrected chi connectivity index (χ2v) is 9.35. The van der Waals surface area contributed by atoms with Crippen LogP contribution in [0.3, 0.4) is 0 Å². The van der Waals surface area contributed by atoms with Crippen molar-refractivity contribution in [3.63, 3.8) is 0 Å². The van der Waals surface area contributed by atoms with Gasteiger partial charge in [0.05, 0.1) is 19.8 Å². The Balaban J connectivity index is 1.72. The van der Waals surface area contributed by atoms with E-state index in [-0.39, 0.29) is 17.4 Å². The molecule has 0 spiro atoms. The zero-order valence-corrected chi connectivity index (χ0v) is 19.0. The highest BCUT2D eigenvalue weighted by Crippen LogP contribution is 2.22. The maximum atomic E-state index is 12.8. The lowest BCUT2D eigenvalue weighted by Gasteiger charge is -2.32. The van der Waals surface area contributed by atoms with Crippen LogP contribution >= 0.6 is 0 Å². The van der Waals surface area contributed by atoms with Crippen LogP contribution in [0.5, 0.6) is 0 Å². The summed E-state index contributed by atoms with van der Waals surface area (Å²) < 4.78 is 5.55. The van der Waals surface area contributed by atoms with E-state index in [0.29, 0.717) is 12.1 Å². The number of carbonyl (C=O) groups excluding carboxylic acids is 1. The van der Waals surface area contributed by atoms with E-state index in [1.54, 1.807) is 0 Å². The molecule has 162 valence electrons. The van der Waals surface area contributed by atoms with Crippen LogP contribution in [0.2, 0.25) is 0 Å². The lowest BCUT2D eigenvalue weighted by atomic mass is 9.87. The number of rotatable bonds is 6. The molecule has 0 aromatic heterocycles. The maximum absolute atomic E-state index is 12.8. The summed E-state index contributed by atoms with van der Waals surface area (Å²) in [6.45, 7) is 10.6. The number of quaternary nitrogens is 1. The van der Waals surface area contributed by atoms with Gasteiger partial charge in [0, 0.05) is 30.9 Å². The van der Waals surface area contributed by atoms with Gasteiger partial charge in [-0.3, -0.25) is 4.79 Å². The highest BCUT2D eigenvalue weighted by Gasteiger charge is 2.27. The summed E-state index contributed by atoms with van der Waals surface area (Å²) in [4.78, 5) is 16.4. The number of nitrogens with zero attached hydrogens (tertiary/aromatic N) is 1. The van der Waals surface area contributed by atoms with Crippen molar-refractivity contribution in [1.29, 1.82) is 0 Å². The Kier molecular flexibility index (Phi) is 7.16. The van der Waals surface area contributed by atoms with Gasteiger partial charge in [-0.2, -0.15) is 0 Å². The van der Waals surface area contributed by atoms with Crippen molar-refractivity contribution >= 4 is 11.6 Å². The van der Waals surface area contributed by atoms with Crippen LogP contribution in [0.25, 0.3) is 0 Å². The van der Waals surface area contributed by atoms with E-state index in [1.807, 2.05) is 26.2 Å². The lowest BCUT2D eigenvalue weighted by molar-refractivity contribution is -0.937. The van der Waals surface area contributed by atoms with Gasteiger partial charge in [0.25, 0.3) is 5.91 Å².